The summed E-state index contributed by atoms with van der Waals surface area (Å²) in [6, 6.07) is 5.46. The van der Waals surface area contributed by atoms with Gasteiger partial charge in [-0.15, -0.1) is 24.0 Å². The van der Waals surface area contributed by atoms with Crippen molar-refractivity contribution in [2.24, 2.45) is 10.9 Å². The average Bonchev–Trinajstić information content (AvgIpc) is 2.52. The molecule has 1 aliphatic heterocycles. The van der Waals surface area contributed by atoms with Crippen LogP contribution in [0.2, 0.25) is 0 Å². The summed E-state index contributed by atoms with van der Waals surface area (Å²) < 4.78 is 38.1. The van der Waals surface area contributed by atoms with E-state index in [1.165, 1.54) is 24.6 Å². The minimum atomic E-state index is -3.65. The molecule has 0 radical (unpaired) electrons. The molecule has 2 rings (SSSR count). The predicted molar refractivity (Wildman–Crippen MR) is 105 cm³/mol. The molecular weight excluding hydrogens is 444 g/mol. The Hall–Kier alpha value is -0.900. The molecular formula is C16H25FIN3O2S. The molecule has 0 spiro atoms. The van der Waals surface area contributed by atoms with Crippen molar-refractivity contribution in [2.75, 3.05) is 32.4 Å². The summed E-state index contributed by atoms with van der Waals surface area (Å²) >= 11 is 0. The number of likely N-dealkylation sites (tertiary alicyclic amines) is 1. The lowest BCUT2D eigenvalue weighted by Crippen LogP contribution is -2.47. The molecule has 1 heterocycles. The Morgan fingerprint density at radius 3 is 2.75 bits per heavy atom. The van der Waals surface area contributed by atoms with E-state index in [4.69, 9.17) is 0 Å². The van der Waals surface area contributed by atoms with Gasteiger partial charge >= 0.3 is 0 Å². The zero-order valence-electron chi connectivity index (χ0n) is 14.0. The number of benzene rings is 1. The number of aliphatic imine (C=N–C) groups is 1. The summed E-state index contributed by atoms with van der Waals surface area (Å²) in [4.78, 5) is 6.11. The zero-order chi connectivity index (χ0) is 16.9. The Morgan fingerprint density at radius 2 is 2.12 bits per heavy atom. The first-order valence-electron chi connectivity index (χ1n) is 7.87. The second kappa shape index (κ2) is 9.55. The van der Waals surface area contributed by atoms with Crippen LogP contribution in [0.1, 0.15) is 19.8 Å². The summed E-state index contributed by atoms with van der Waals surface area (Å²) in [7, 11) is -1.96. The van der Waals surface area contributed by atoms with E-state index in [2.05, 4.69) is 22.1 Å². The first-order valence-corrected chi connectivity index (χ1v) is 9.52. The van der Waals surface area contributed by atoms with Crippen molar-refractivity contribution in [1.29, 1.82) is 0 Å². The van der Waals surface area contributed by atoms with Crippen LogP contribution in [0.25, 0.3) is 0 Å². The van der Waals surface area contributed by atoms with E-state index in [0.29, 0.717) is 11.9 Å². The van der Waals surface area contributed by atoms with Gasteiger partial charge in [0.1, 0.15) is 10.7 Å². The lowest BCUT2D eigenvalue weighted by atomic mass is 10.0. The Bertz CT molecular complexity index is 667. The third kappa shape index (κ3) is 5.58. The quantitative estimate of drug-likeness (QED) is 0.419. The molecule has 0 aliphatic carbocycles. The fraction of sp³-hybridized carbons (Fsp3) is 0.562. The SMILES string of the molecule is CN=C(NCCS(=O)(=O)c1ccccc1F)N1CCCC(C)C1.I. The number of hydrogen-bond acceptors (Lipinski definition) is 3. The van der Waals surface area contributed by atoms with Crippen molar-refractivity contribution < 1.29 is 12.8 Å². The van der Waals surface area contributed by atoms with E-state index in [0.717, 1.165) is 25.6 Å². The first kappa shape index (κ1) is 21.1. The molecule has 1 fully saturated rings. The molecule has 1 aromatic rings. The monoisotopic (exact) mass is 469 g/mol. The number of piperidine rings is 1. The van der Waals surface area contributed by atoms with Crippen LogP contribution in [0.3, 0.4) is 0 Å². The minimum Gasteiger partial charge on any atom is -0.355 e. The maximum absolute atomic E-state index is 13.6. The van der Waals surface area contributed by atoms with Crippen molar-refractivity contribution in [3.63, 3.8) is 0 Å². The van der Waals surface area contributed by atoms with Crippen LogP contribution < -0.4 is 5.32 Å². The largest absolute Gasteiger partial charge is 0.355 e. The van der Waals surface area contributed by atoms with Gasteiger partial charge in [0.2, 0.25) is 0 Å². The molecule has 1 unspecified atom stereocenters. The highest BCUT2D eigenvalue weighted by atomic mass is 127. The van der Waals surface area contributed by atoms with E-state index >= 15 is 0 Å². The van der Waals surface area contributed by atoms with Gasteiger partial charge in [0.15, 0.2) is 15.8 Å². The highest BCUT2D eigenvalue weighted by Crippen LogP contribution is 2.16. The second-order valence-electron chi connectivity index (χ2n) is 5.92. The highest BCUT2D eigenvalue weighted by molar-refractivity contribution is 14.0. The van der Waals surface area contributed by atoms with Gasteiger partial charge in [0.05, 0.1) is 5.75 Å². The first-order chi connectivity index (χ1) is 10.9. The van der Waals surface area contributed by atoms with Gasteiger partial charge in [-0.2, -0.15) is 0 Å². The number of guanidine groups is 1. The number of nitrogens with one attached hydrogen (secondary N) is 1. The molecule has 1 atom stereocenters. The molecule has 8 heteroatoms. The van der Waals surface area contributed by atoms with Crippen molar-refractivity contribution in [3.05, 3.63) is 30.1 Å². The predicted octanol–water partition coefficient (Wildman–Crippen LogP) is 2.52. The molecule has 1 saturated heterocycles. The zero-order valence-corrected chi connectivity index (χ0v) is 17.2. The van der Waals surface area contributed by atoms with Crippen molar-refractivity contribution in [1.82, 2.24) is 10.2 Å². The number of sulfone groups is 1. The average molecular weight is 469 g/mol. The molecule has 0 bridgehead atoms. The van der Waals surface area contributed by atoms with Crippen molar-refractivity contribution in [3.8, 4) is 0 Å². The van der Waals surface area contributed by atoms with Gasteiger partial charge < -0.3 is 10.2 Å². The maximum atomic E-state index is 13.6. The number of hydrogen-bond donors (Lipinski definition) is 1. The Kier molecular flexibility index (Phi) is 8.41. The third-order valence-electron chi connectivity index (χ3n) is 3.99. The molecule has 24 heavy (non-hydrogen) atoms. The molecule has 136 valence electrons. The number of nitrogens with zero attached hydrogens (tertiary/aromatic N) is 2. The van der Waals surface area contributed by atoms with Gasteiger partial charge in [0, 0.05) is 26.7 Å². The Labute approximate surface area is 160 Å². The standard InChI is InChI=1S/C16H24FN3O2S.HI/c1-13-6-5-10-20(12-13)16(18-2)19-9-11-23(21,22)15-8-4-3-7-14(15)17;/h3-4,7-8,13H,5-6,9-12H2,1-2H3,(H,18,19);1H. The summed E-state index contributed by atoms with van der Waals surface area (Å²) in [5.41, 5.74) is 0. The van der Waals surface area contributed by atoms with Crippen LogP contribution in [0.5, 0.6) is 0 Å². The summed E-state index contributed by atoms with van der Waals surface area (Å²) in [5.74, 6) is 0.433. The summed E-state index contributed by atoms with van der Waals surface area (Å²) in [6.45, 7) is 4.24. The fourth-order valence-electron chi connectivity index (χ4n) is 2.82. The van der Waals surface area contributed by atoms with E-state index < -0.39 is 15.7 Å². The van der Waals surface area contributed by atoms with Crippen molar-refractivity contribution >= 4 is 39.8 Å². The number of halogens is 2. The molecule has 0 amide bonds. The molecule has 0 aromatic heterocycles. The summed E-state index contributed by atoms with van der Waals surface area (Å²) in [5, 5.41) is 3.08. The van der Waals surface area contributed by atoms with E-state index in [9.17, 15) is 12.8 Å². The summed E-state index contributed by atoms with van der Waals surface area (Å²) in [6.07, 6.45) is 2.31. The highest BCUT2D eigenvalue weighted by Gasteiger charge is 2.21. The van der Waals surface area contributed by atoms with Gasteiger partial charge in [0.25, 0.3) is 0 Å². The lowest BCUT2D eigenvalue weighted by Gasteiger charge is -2.33. The van der Waals surface area contributed by atoms with E-state index in [-0.39, 0.29) is 41.2 Å². The molecule has 1 aromatic carbocycles. The van der Waals surface area contributed by atoms with Crippen LogP contribution in [0.15, 0.2) is 34.2 Å². The Balaban J connectivity index is 0.00000288. The topological polar surface area (TPSA) is 61.8 Å². The van der Waals surface area contributed by atoms with Crippen LogP contribution in [-0.2, 0) is 9.84 Å². The van der Waals surface area contributed by atoms with E-state index in [1.54, 1.807) is 7.05 Å². The third-order valence-corrected chi connectivity index (χ3v) is 5.74. The fourth-order valence-corrected chi connectivity index (χ4v) is 4.06. The normalized spacial score (nSPS) is 18.9. The molecule has 1 N–H and O–H groups in total. The van der Waals surface area contributed by atoms with Crippen LogP contribution >= 0.6 is 24.0 Å². The molecule has 5 nitrogen and oxygen atoms in total. The van der Waals surface area contributed by atoms with Gasteiger partial charge in [-0.25, -0.2) is 12.8 Å². The van der Waals surface area contributed by atoms with Crippen molar-refractivity contribution in [2.45, 2.75) is 24.7 Å². The second-order valence-corrected chi connectivity index (χ2v) is 7.99. The van der Waals surface area contributed by atoms with E-state index in [1.807, 2.05) is 0 Å². The van der Waals surface area contributed by atoms with Crippen LogP contribution in [0, 0.1) is 11.7 Å². The minimum absolute atomic E-state index is 0. The number of rotatable bonds is 4. The van der Waals surface area contributed by atoms with Crippen LogP contribution in [0.4, 0.5) is 4.39 Å². The maximum Gasteiger partial charge on any atom is 0.193 e. The van der Waals surface area contributed by atoms with Gasteiger partial charge in [-0.05, 0) is 30.9 Å². The smallest absolute Gasteiger partial charge is 0.193 e. The van der Waals surface area contributed by atoms with Gasteiger partial charge in [-0.3, -0.25) is 4.99 Å². The van der Waals surface area contributed by atoms with Gasteiger partial charge in [-0.1, -0.05) is 19.1 Å². The lowest BCUT2D eigenvalue weighted by molar-refractivity contribution is 0.266. The Morgan fingerprint density at radius 1 is 1.42 bits per heavy atom. The van der Waals surface area contributed by atoms with Crippen LogP contribution in [-0.4, -0.2) is 51.7 Å². The molecule has 1 aliphatic rings. The molecule has 0 saturated carbocycles.